The average Bonchev–Trinajstić information content (AvgIpc) is 3.24. The van der Waals surface area contributed by atoms with E-state index in [2.05, 4.69) is 4.99 Å². The minimum Gasteiger partial charge on any atom is -0.316 e. The highest BCUT2D eigenvalue weighted by atomic mass is 32.2. The average molecular weight is 523 g/mol. The molecule has 184 valence electrons. The van der Waals surface area contributed by atoms with Gasteiger partial charge in [-0.25, -0.2) is 8.42 Å². The van der Waals surface area contributed by atoms with Crippen molar-refractivity contribution in [2.45, 2.75) is 31.2 Å². The molecule has 0 spiro atoms. The number of amides is 1. The van der Waals surface area contributed by atoms with Gasteiger partial charge in [0.15, 0.2) is 4.80 Å². The Bertz CT molecular complexity index is 1670. The van der Waals surface area contributed by atoms with E-state index in [-0.39, 0.29) is 16.1 Å². The molecule has 5 rings (SSSR count). The number of hydrogen-bond donors (Lipinski definition) is 0. The second-order valence-corrected chi connectivity index (χ2v) is 11.2. The summed E-state index contributed by atoms with van der Waals surface area (Å²) >= 11 is 1.26. The standard InChI is InChI=1S/C25H22N4O5S2/c1-2-27-22-16-19(29(31)32)11-14-23(22)35-25(27)26-24(30)18-9-12-20(13-10-18)36(33,34)28-15-5-7-17-6-3-4-8-21(17)28/h3-4,6,8-14,16H,2,5,7,15H2,1H3. The number of aromatic nitrogens is 1. The molecule has 1 amide bonds. The van der Waals surface area contributed by atoms with Crippen LogP contribution in [0, 0.1) is 10.1 Å². The normalized spacial score (nSPS) is 14.1. The molecule has 1 aliphatic heterocycles. The number of sulfonamides is 1. The number of aryl methyl sites for hydroxylation is 2. The third-order valence-corrected chi connectivity index (χ3v) is 9.03. The quantitative estimate of drug-likeness (QED) is 0.282. The van der Waals surface area contributed by atoms with E-state index in [4.69, 9.17) is 0 Å². The molecule has 2 heterocycles. The second kappa shape index (κ2) is 9.32. The molecule has 0 saturated carbocycles. The molecule has 0 fully saturated rings. The second-order valence-electron chi connectivity index (χ2n) is 8.29. The highest BCUT2D eigenvalue weighted by Crippen LogP contribution is 2.32. The van der Waals surface area contributed by atoms with Gasteiger partial charge in [-0.05, 0) is 61.7 Å². The molecule has 1 aliphatic rings. The van der Waals surface area contributed by atoms with E-state index in [9.17, 15) is 23.3 Å². The Kier molecular flexibility index (Phi) is 6.19. The lowest BCUT2D eigenvalue weighted by Crippen LogP contribution is -2.35. The number of nitro groups is 1. The molecule has 0 N–H and O–H groups in total. The zero-order valence-electron chi connectivity index (χ0n) is 19.3. The monoisotopic (exact) mass is 522 g/mol. The zero-order chi connectivity index (χ0) is 25.4. The zero-order valence-corrected chi connectivity index (χ0v) is 21.0. The van der Waals surface area contributed by atoms with E-state index in [0.717, 1.165) is 23.1 Å². The first kappa shape index (κ1) is 23.9. The maximum atomic E-state index is 13.3. The number of nitrogens with zero attached hydrogens (tertiary/aromatic N) is 4. The summed E-state index contributed by atoms with van der Waals surface area (Å²) in [7, 11) is -3.78. The Balaban J connectivity index is 1.46. The molecule has 0 unspecified atom stereocenters. The lowest BCUT2D eigenvalue weighted by molar-refractivity contribution is -0.384. The lowest BCUT2D eigenvalue weighted by atomic mass is 10.0. The highest BCUT2D eigenvalue weighted by Gasteiger charge is 2.29. The van der Waals surface area contributed by atoms with E-state index < -0.39 is 20.9 Å². The number of fused-ring (bicyclic) bond motifs is 2. The molecule has 0 atom stereocenters. The molecule has 0 radical (unpaired) electrons. The smallest absolute Gasteiger partial charge is 0.279 e. The number of hydrogen-bond acceptors (Lipinski definition) is 6. The van der Waals surface area contributed by atoms with Crippen molar-refractivity contribution in [3.63, 3.8) is 0 Å². The topological polar surface area (TPSA) is 115 Å². The number of non-ortho nitro benzene ring substituents is 1. The van der Waals surface area contributed by atoms with Crippen molar-refractivity contribution in [3.05, 3.63) is 92.8 Å². The van der Waals surface area contributed by atoms with Gasteiger partial charge in [0.25, 0.3) is 21.6 Å². The predicted octanol–water partition coefficient (Wildman–Crippen LogP) is 4.51. The van der Waals surface area contributed by atoms with Crippen LogP contribution >= 0.6 is 11.3 Å². The molecule has 0 aliphatic carbocycles. The Hall–Kier alpha value is -3.83. The van der Waals surface area contributed by atoms with Gasteiger partial charge >= 0.3 is 0 Å². The fourth-order valence-electron chi connectivity index (χ4n) is 4.36. The summed E-state index contributed by atoms with van der Waals surface area (Å²) in [5.41, 5.74) is 2.53. The van der Waals surface area contributed by atoms with Crippen LogP contribution in [0.4, 0.5) is 11.4 Å². The fourth-order valence-corrected chi connectivity index (χ4v) is 6.97. The number of para-hydroxylation sites is 1. The van der Waals surface area contributed by atoms with E-state index in [0.29, 0.717) is 29.1 Å². The number of nitro benzene ring substituents is 1. The summed E-state index contributed by atoms with van der Waals surface area (Å²) in [6, 6.07) is 17.8. The third-order valence-electron chi connectivity index (χ3n) is 6.15. The number of rotatable bonds is 5. The summed E-state index contributed by atoms with van der Waals surface area (Å²) in [5.74, 6) is -0.523. The van der Waals surface area contributed by atoms with Crippen molar-refractivity contribution in [1.82, 2.24) is 4.57 Å². The first-order chi connectivity index (χ1) is 17.3. The van der Waals surface area contributed by atoms with Crippen LogP contribution in [0.2, 0.25) is 0 Å². The fraction of sp³-hybridized carbons (Fsp3) is 0.200. The maximum Gasteiger partial charge on any atom is 0.279 e. The minimum absolute atomic E-state index is 0.0338. The van der Waals surface area contributed by atoms with Gasteiger partial charge in [-0.1, -0.05) is 29.5 Å². The van der Waals surface area contributed by atoms with E-state index in [1.165, 1.54) is 52.0 Å². The molecule has 1 aromatic heterocycles. The Morgan fingerprint density at radius 3 is 2.58 bits per heavy atom. The number of carbonyl (C=O) groups excluding carboxylic acids is 1. The number of carbonyl (C=O) groups is 1. The minimum atomic E-state index is -3.78. The molecule has 36 heavy (non-hydrogen) atoms. The highest BCUT2D eigenvalue weighted by molar-refractivity contribution is 7.92. The molecule has 11 heteroatoms. The van der Waals surface area contributed by atoms with Crippen LogP contribution in [0.15, 0.2) is 76.6 Å². The van der Waals surface area contributed by atoms with Crippen molar-refractivity contribution < 1.29 is 18.1 Å². The number of thiazole rings is 1. The summed E-state index contributed by atoms with van der Waals surface area (Å²) in [5, 5.41) is 11.1. The summed E-state index contributed by atoms with van der Waals surface area (Å²) in [6.45, 7) is 2.74. The van der Waals surface area contributed by atoms with Gasteiger partial charge in [-0.15, -0.1) is 0 Å². The Morgan fingerprint density at radius 2 is 1.86 bits per heavy atom. The molecule has 9 nitrogen and oxygen atoms in total. The summed E-state index contributed by atoms with van der Waals surface area (Å²) < 4.78 is 30.6. The third kappa shape index (κ3) is 4.20. The van der Waals surface area contributed by atoms with Gasteiger partial charge in [0.2, 0.25) is 0 Å². The van der Waals surface area contributed by atoms with Crippen LogP contribution in [0.5, 0.6) is 0 Å². The molecule has 0 bridgehead atoms. The van der Waals surface area contributed by atoms with Gasteiger partial charge in [0.1, 0.15) is 0 Å². The van der Waals surface area contributed by atoms with E-state index in [1.54, 1.807) is 10.6 Å². The van der Waals surface area contributed by atoms with Gasteiger partial charge in [-0.2, -0.15) is 4.99 Å². The largest absolute Gasteiger partial charge is 0.316 e. The van der Waals surface area contributed by atoms with Crippen LogP contribution in [0.3, 0.4) is 0 Å². The van der Waals surface area contributed by atoms with Gasteiger partial charge < -0.3 is 4.57 Å². The van der Waals surface area contributed by atoms with Gasteiger partial charge in [0.05, 0.1) is 25.7 Å². The molecule has 0 saturated heterocycles. The first-order valence-electron chi connectivity index (χ1n) is 11.4. The number of anilines is 1. The number of benzene rings is 3. The Morgan fingerprint density at radius 1 is 1.11 bits per heavy atom. The van der Waals surface area contributed by atoms with Crippen molar-refractivity contribution in [1.29, 1.82) is 0 Å². The van der Waals surface area contributed by atoms with Crippen molar-refractivity contribution >= 4 is 48.9 Å². The molecule has 4 aromatic rings. The summed E-state index contributed by atoms with van der Waals surface area (Å²) in [4.78, 5) is 28.4. The van der Waals surface area contributed by atoms with Gasteiger partial charge in [0, 0.05) is 30.8 Å². The predicted molar refractivity (Wildman–Crippen MR) is 138 cm³/mol. The van der Waals surface area contributed by atoms with Crippen LogP contribution in [0.1, 0.15) is 29.3 Å². The van der Waals surface area contributed by atoms with Crippen LogP contribution < -0.4 is 9.11 Å². The maximum absolute atomic E-state index is 13.3. The van der Waals surface area contributed by atoms with Gasteiger partial charge in [-0.3, -0.25) is 19.2 Å². The van der Waals surface area contributed by atoms with Crippen molar-refractivity contribution in [2.24, 2.45) is 4.99 Å². The van der Waals surface area contributed by atoms with E-state index in [1.807, 2.05) is 31.2 Å². The molecular formula is C25H22N4O5S2. The van der Waals surface area contributed by atoms with Crippen LogP contribution in [-0.2, 0) is 23.0 Å². The SMILES string of the molecule is CCn1c(=NC(=O)c2ccc(S(=O)(=O)N3CCCc4ccccc43)cc2)sc2ccc([N+](=O)[O-])cc21. The summed E-state index contributed by atoms with van der Waals surface area (Å²) in [6.07, 6.45) is 1.57. The van der Waals surface area contributed by atoms with Crippen molar-refractivity contribution in [3.8, 4) is 0 Å². The Labute approximate surface area is 211 Å². The molecular weight excluding hydrogens is 500 g/mol. The van der Waals surface area contributed by atoms with Crippen LogP contribution in [-0.4, -0.2) is 30.4 Å². The van der Waals surface area contributed by atoms with Crippen molar-refractivity contribution in [2.75, 3.05) is 10.8 Å². The van der Waals surface area contributed by atoms with E-state index >= 15 is 0 Å². The first-order valence-corrected chi connectivity index (χ1v) is 13.6. The molecule has 3 aromatic carbocycles. The lowest BCUT2D eigenvalue weighted by Gasteiger charge is -2.30. The van der Waals surface area contributed by atoms with Crippen LogP contribution in [0.25, 0.3) is 10.2 Å².